The molecule has 0 amide bonds. The van der Waals surface area contributed by atoms with E-state index in [4.69, 9.17) is 47.9 Å². The fraction of sp³-hybridized carbons (Fsp3) is 0.231. The van der Waals surface area contributed by atoms with Crippen molar-refractivity contribution in [2.75, 3.05) is 19.5 Å². The van der Waals surface area contributed by atoms with Crippen molar-refractivity contribution in [2.45, 2.75) is 24.9 Å². The summed E-state index contributed by atoms with van der Waals surface area (Å²) >= 11 is 11.8. The van der Waals surface area contributed by atoms with Crippen LogP contribution in [0.25, 0.3) is 11.0 Å². The highest BCUT2D eigenvalue weighted by Gasteiger charge is 2.42. The van der Waals surface area contributed by atoms with Crippen LogP contribution in [-0.2, 0) is 14.2 Å². The number of nitrogen functional groups attached to an aromatic ring is 1. The number of ether oxygens (including phenoxy) is 4. The molecule has 1 saturated heterocycles. The van der Waals surface area contributed by atoms with Crippen molar-refractivity contribution in [2.24, 2.45) is 0 Å². The summed E-state index contributed by atoms with van der Waals surface area (Å²) in [4.78, 5) is 44.9. The Labute approximate surface area is 241 Å². The number of hydrogen-bond donors (Lipinski definition) is 1. The summed E-state index contributed by atoms with van der Waals surface area (Å²) in [6.45, 7) is -0.293. The van der Waals surface area contributed by atoms with Gasteiger partial charge < -0.3 is 24.7 Å². The molecule has 1 aliphatic heterocycles. The van der Waals surface area contributed by atoms with Crippen molar-refractivity contribution >= 4 is 57.8 Å². The predicted octanol–water partition coefficient (Wildman–Crippen LogP) is 4.61. The third-order valence-corrected chi connectivity index (χ3v) is 6.82. The first-order chi connectivity index (χ1) is 19.6. The number of aromatic nitrogens is 3. The topological polar surface area (TPSA) is 171 Å². The summed E-state index contributed by atoms with van der Waals surface area (Å²) in [7, 11) is 1.30. The first kappa shape index (κ1) is 28.1. The Morgan fingerprint density at radius 3 is 2.27 bits per heavy atom. The van der Waals surface area contributed by atoms with Crippen molar-refractivity contribution in [3.8, 4) is 5.88 Å². The molecule has 2 N–H and O–H groups in total. The third kappa shape index (κ3) is 5.87. The summed E-state index contributed by atoms with van der Waals surface area (Å²) in [6, 6.07) is 12.2. The number of hydrogen-bond acceptors (Lipinski definition) is 11. The molecule has 0 saturated carbocycles. The molecule has 1 aliphatic rings. The molecule has 3 atom stereocenters. The molecule has 2 aromatic carbocycles. The van der Waals surface area contributed by atoms with Crippen molar-refractivity contribution in [3.63, 3.8) is 0 Å². The quantitative estimate of drug-likeness (QED) is 0.170. The second-order valence-electron chi connectivity index (χ2n) is 8.89. The number of nitrogens with zero attached hydrogens (tertiary/aromatic N) is 4. The Bertz CT molecular complexity index is 1630. The van der Waals surface area contributed by atoms with Crippen LogP contribution in [0.4, 0.5) is 11.6 Å². The maximum absolute atomic E-state index is 12.9. The van der Waals surface area contributed by atoms with Crippen LogP contribution in [0.2, 0.25) is 10.0 Å². The molecular weight excluding hydrogens is 581 g/mol. The molecule has 0 radical (unpaired) electrons. The lowest BCUT2D eigenvalue weighted by Gasteiger charge is -2.19. The zero-order valence-electron chi connectivity index (χ0n) is 21.2. The molecule has 41 heavy (non-hydrogen) atoms. The smallest absolute Gasteiger partial charge is 0.338 e. The molecule has 212 valence electrons. The number of methoxy groups -OCH3 is 1. The minimum Gasteiger partial charge on any atom is -0.480 e. The summed E-state index contributed by atoms with van der Waals surface area (Å²) in [5.74, 6) is -1.58. The number of fused-ring (bicyclic) bond motifs is 1. The van der Waals surface area contributed by atoms with Crippen molar-refractivity contribution in [3.05, 3.63) is 86.0 Å². The molecule has 0 bridgehead atoms. The van der Waals surface area contributed by atoms with E-state index in [1.165, 1.54) is 42.1 Å². The lowest BCUT2D eigenvalue weighted by Crippen LogP contribution is -2.32. The molecule has 13 nitrogen and oxygen atoms in total. The minimum absolute atomic E-state index is 0.0163. The van der Waals surface area contributed by atoms with Gasteiger partial charge in [-0.05, 0) is 48.5 Å². The third-order valence-electron chi connectivity index (χ3n) is 6.31. The molecule has 0 spiro atoms. The minimum atomic E-state index is -0.940. The van der Waals surface area contributed by atoms with Crippen molar-refractivity contribution < 1.29 is 33.5 Å². The van der Waals surface area contributed by atoms with Crippen LogP contribution in [0.3, 0.4) is 0 Å². The first-order valence-corrected chi connectivity index (χ1v) is 12.8. The van der Waals surface area contributed by atoms with Crippen LogP contribution in [0.5, 0.6) is 5.88 Å². The number of carbonyl (C=O) groups is 2. The zero-order chi connectivity index (χ0) is 29.3. The Balaban J connectivity index is 1.45. The maximum Gasteiger partial charge on any atom is 0.338 e. The lowest BCUT2D eigenvalue weighted by molar-refractivity contribution is -0.383. The van der Waals surface area contributed by atoms with Gasteiger partial charge in [0.15, 0.2) is 11.0 Å². The Hall–Kier alpha value is -4.46. The molecule has 4 aromatic rings. The highest BCUT2D eigenvalue weighted by atomic mass is 35.5. The van der Waals surface area contributed by atoms with Crippen LogP contribution in [-0.4, -0.2) is 57.3 Å². The van der Waals surface area contributed by atoms with E-state index in [2.05, 4.69) is 9.97 Å². The van der Waals surface area contributed by atoms with Crippen LogP contribution in [0, 0.1) is 10.1 Å². The highest BCUT2D eigenvalue weighted by Crippen LogP contribution is 2.40. The van der Waals surface area contributed by atoms with Gasteiger partial charge in [0.2, 0.25) is 11.8 Å². The second kappa shape index (κ2) is 11.6. The Morgan fingerprint density at radius 1 is 1.07 bits per heavy atom. The second-order valence-corrected chi connectivity index (χ2v) is 9.76. The molecular formula is C26H21Cl2N5O8. The van der Waals surface area contributed by atoms with Gasteiger partial charge in [-0.25, -0.2) is 9.59 Å². The Morgan fingerprint density at radius 2 is 1.68 bits per heavy atom. The van der Waals surface area contributed by atoms with E-state index in [0.717, 1.165) is 0 Å². The number of nitro groups is 1. The van der Waals surface area contributed by atoms with Crippen molar-refractivity contribution in [1.82, 2.24) is 14.5 Å². The fourth-order valence-electron chi connectivity index (χ4n) is 4.38. The van der Waals surface area contributed by atoms with E-state index < -0.39 is 35.3 Å². The standard InChI is InChI=1S/C26H21Cl2N5O8/c1-38-23-21-17(33(36)37)11-32(22(21)30-26(29)31-23)20-10-18(41-25(35)14-4-8-16(28)9-5-14)19(40-20)12-39-24(34)13-2-6-15(27)7-3-13/h2-9,11,18-20H,10,12H2,1H3,(H2,29,30,31)/t18-,19+,20+/m0/s1. The number of nitrogens with two attached hydrogens (primary N) is 1. The predicted molar refractivity (Wildman–Crippen MR) is 146 cm³/mol. The number of halogens is 2. The van der Waals surface area contributed by atoms with Gasteiger partial charge in [-0.1, -0.05) is 23.2 Å². The van der Waals surface area contributed by atoms with Crippen LogP contribution in [0.15, 0.2) is 54.7 Å². The van der Waals surface area contributed by atoms with Crippen LogP contribution in [0.1, 0.15) is 33.4 Å². The number of esters is 2. The van der Waals surface area contributed by atoms with Crippen molar-refractivity contribution in [1.29, 1.82) is 0 Å². The number of benzene rings is 2. The maximum atomic E-state index is 12.9. The van der Waals surface area contributed by atoms with E-state index in [1.807, 2.05) is 0 Å². The number of anilines is 1. The number of rotatable bonds is 8. The van der Waals surface area contributed by atoms with E-state index in [9.17, 15) is 19.7 Å². The molecule has 5 rings (SSSR count). The monoisotopic (exact) mass is 601 g/mol. The van der Waals surface area contributed by atoms with Gasteiger partial charge in [0.25, 0.3) is 0 Å². The number of carbonyl (C=O) groups excluding carboxylic acids is 2. The van der Waals surface area contributed by atoms with E-state index in [1.54, 1.807) is 24.3 Å². The van der Waals surface area contributed by atoms with Crippen LogP contribution < -0.4 is 10.5 Å². The molecule has 2 aromatic heterocycles. The summed E-state index contributed by atoms with van der Waals surface area (Å²) in [5, 5.41) is 12.8. The SMILES string of the molecule is COc1nc(N)nc2c1c([N+](=O)[O-])cn2[C@H]1C[C@H](OC(=O)c2ccc(Cl)cc2)[C@@H](COC(=O)c2ccc(Cl)cc2)O1. The largest absolute Gasteiger partial charge is 0.480 e. The van der Waals surface area contributed by atoms with E-state index >= 15 is 0 Å². The van der Waals surface area contributed by atoms with Gasteiger partial charge in [-0.2, -0.15) is 9.97 Å². The van der Waals surface area contributed by atoms with Gasteiger partial charge >= 0.3 is 17.6 Å². The molecule has 0 unspecified atom stereocenters. The average Bonchev–Trinajstić information content (AvgIpc) is 3.53. The van der Waals surface area contributed by atoms with E-state index in [0.29, 0.717) is 10.0 Å². The Kier molecular flexibility index (Phi) is 7.92. The average molecular weight is 602 g/mol. The van der Waals surface area contributed by atoms with Gasteiger partial charge in [-0.15, -0.1) is 0 Å². The van der Waals surface area contributed by atoms with Gasteiger partial charge in [0, 0.05) is 16.5 Å². The fourth-order valence-corrected chi connectivity index (χ4v) is 4.63. The first-order valence-electron chi connectivity index (χ1n) is 12.1. The summed E-state index contributed by atoms with van der Waals surface area (Å²) in [6.07, 6.45) is -1.53. The van der Waals surface area contributed by atoms with E-state index in [-0.39, 0.29) is 52.7 Å². The van der Waals surface area contributed by atoms with Crippen LogP contribution >= 0.6 is 23.2 Å². The van der Waals surface area contributed by atoms with Gasteiger partial charge in [-0.3, -0.25) is 14.7 Å². The normalized spacial score (nSPS) is 18.3. The molecule has 0 aliphatic carbocycles. The lowest BCUT2D eigenvalue weighted by atomic mass is 10.1. The zero-order valence-corrected chi connectivity index (χ0v) is 22.7. The molecule has 1 fully saturated rings. The molecule has 15 heteroatoms. The molecule has 3 heterocycles. The summed E-state index contributed by atoms with van der Waals surface area (Å²) in [5.41, 5.74) is 6.05. The van der Waals surface area contributed by atoms with Gasteiger partial charge in [0.1, 0.15) is 25.0 Å². The highest BCUT2D eigenvalue weighted by molar-refractivity contribution is 6.31. The summed E-state index contributed by atoms with van der Waals surface area (Å²) < 4.78 is 23.9. The van der Waals surface area contributed by atoms with Gasteiger partial charge in [0.05, 0.1) is 29.4 Å².